The molecule has 1 aromatic carbocycles. The maximum absolute atomic E-state index is 12.5. The first-order valence-corrected chi connectivity index (χ1v) is 10.1. The number of ether oxygens (including phenoxy) is 1. The van der Waals surface area contributed by atoms with Gasteiger partial charge < -0.3 is 14.6 Å². The smallest absolute Gasteiger partial charge is 0.262 e. The number of carbonyl (C=O) groups is 1. The van der Waals surface area contributed by atoms with Gasteiger partial charge in [0.1, 0.15) is 5.39 Å². The molecule has 0 aliphatic carbocycles. The van der Waals surface area contributed by atoms with Crippen molar-refractivity contribution in [3.63, 3.8) is 0 Å². The first-order valence-electron chi connectivity index (χ1n) is 9.07. The van der Waals surface area contributed by atoms with Gasteiger partial charge in [-0.25, -0.2) is 9.67 Å². The molecule has 0 bridgehead atoms. The van der Waals surface area contributed by atoms with E-state index in [2.05, 4.69) is 15.1 Å². The average molecular weight is 399 g/mol. The minimum Gasteiger partial charge on any atom is -0.378 e. The molecule has 28 heavy (non-hydrogen) atoms. The number of hydrogen-bond donors (Lipinski definition) is 1. The number of nitrogens with zero attached hydrogens (tertiary/aromatic N) is 4. The van der Waals surface area contributed by atoms with Crippen LogP contribution in [0.4, 0.5) is 0 Å². The highest BCUT2D eigenvalue weighted by atomic mass is 32.2. The number of aromatic nitrogens is 4. The molecule has 0 radical (unpaired) electrons. The third kappa shape index (κ3) is 3.55. The molecule has 1 fully saturated rings. The van der Waals surface area contributed by atoms with Crippen LogP contribution in [0.15, 0.2) is 34.3 Å². The zero-order valence-electron chi connectivity index (χ0n) is 15.8. The first-order chi connectivity index (χ1) is 13.5. The first kappa shape index (κ1) is 18.7. The van der Waals surface area contributed by atoms with Crippen LogP contribution in [0.5, 0.6) is 0 Å². The number of aromatic amines is 1. The summed E-state index contributed by atoms with van der Waals surface area (Å²) in [7, 11) is 0. The van der Waals surface area contributed by atoms with Gasteiger partial charge in [0, 0.05) is 13.1 Å². The van der Waals surface area contributed by atoms with Crippen LogP contribution < -0.4 is 5.56 Å². The summed E-state index contributed by atoms with van der Waals surface area (Å²) in [5.74, 6) is 0.227. The SMILES string of the molecule is Cc1cccc(-n2ncc3c(=O)[nH]c(SCC(=O)N4CCOCC4)nc32)c1C. The highest BCUT2D eigenvalue weighted by Gasteiger charge is 2.18. The van der Waals surface area contributed by atoms with Crippen LogP contribution in [-0.4, -0.2) is 62.6 Å². The van der Waals surface area contributed by atoms with Gasteiger partial charge in [-0.05, 0) is 31.0 Å². The number of H-pyrrole nitrogens is 1. The van der Waals surface area contributed by atoms with Crippen molar-refractivity contribution in [3.8, 4) is 5.69 Å². The third-order valence-electron chi connectivity index (χ3n) is 4.92. The van der Waals surface area contributed by atoms with Crippen molar-refractivity contribution in [3.05, 3.63) is 45.9 Å². The van der Waals surface area contributed by atoms with E-state index in [1.807, 2.05) is 32.0 Å². The summed E-state index contributed by atoms with van der Waals surface area (Å²) in [6, 6.07) is 5.94. The molecule has 1 amide bonds. The monoisotopic (exact) mass is 399 g/mol. The van der Waals surface area contributed by atoms with Crippen molar-refractivity contribution in [2.24, 2.45) is 0 Å². The van der Waals surface area contributed by atoms with Crippen LogP contribution >= 0.6 is 11.8 Å². The van der Waals surface area contributed by atoms with Gasteiger partial charge in [-0.3, -0.25) is 9.59 Å². The lowest BCUT2D eigenvalue weighted by Crippen LogP contribution is -2.41. The molecule has 0 unspecified atom stereocenters. The molecular formula is C19H21N5O3S. The fraction of sp³-hybridized carbons (Fsp3) is 0.368. The summed E-state index contributed by atoms with van der Waals surface area (Å²) in [6.45, 7) is 6.37. The van der Waals surface area contributed by atoms with E-state index in [-0.39, 0.29) is 17.2 Å². The van der Waals surface area contributed by atoms with Crippen molar-refractivity contribution in [1.29, 1.82) is 0 Å². The quantitative estimate of drug-likeness (QED) is 0.530. The lowest BCUT2D eigenvalue weighted by Gasteiger charge is -2.26. The highest BCUT2D eigenvalue weighted by molar-refractivity contribution is 7.99. The number of amides is 1. The van der Waals surface area contributed by atoms with E-state index < -0.39 is 0 Å². The Kier molecular flexibility index (Phi) is 5.19. The number of thioether (sulfide) groups is 1. The normalized spacial score (nSPS) is 14.6. The van der Waals surface area contributed by atoms with E-state index in [9.17, 15) is 9.59 Å². The lowest BCUT2D eigenvalue weighted by molar-refractivity contribution is -0.132. The van der Waals surface area contributed by atoms with Crippen LogP contribution in [0.2, 0.25) is 0 Å². The summed E-state index contributed by atoms with van der Waals surface area (Å²) in [5, 5.41) is 5.20. The van der Waals surface area contributed by atoms with Gasteiger partial charge in [0.2, 0.25) is 5.91 Å². The summed E-state index contributed by atoms with van der Waals surface area (Å²) >= 11 is 1.23. The van der Waals surface area contributed by atoms with Crippen molar-refractivity contribution in [1.82, 2.24) is 24.6 Å². The highest BCUT2D eigenvalue weighted by Crippen LogP contribution is 2.22. The van der Waals surface area contributed by atoms with Gasteiger partial charge in [-0.2, -0.15) is 5.10 Å². The number of benzene rings is 1. The molecule has 0 atom stereocenters. The molecule has 1 saturated heterocycles. The molecular weight excluding hydrogens is 378 g/mol. The van der Waals surface area contributed by atoms with Gasteiger partial charge >= 0.3 is 0 Å². The predicted octanol–water partition coefficient (Wildman–Crippen LogP) is 1.68. The summed E-state index contributed by atoms with van der Waals surface area (Å²) in [6.07, 6.45) is 1.52. The lowest BCUT2D eigenvalue weighted by atomic mass is 10.1. The summed E-state index contributed by atoms with van der Waals surface area (Å²) in [4.78, 5) is 33.9. The number of hydrogen-bond acceptors (Lipinski definition) is 6. The van der Waals surface area contributed by atoms with Gasteiger partial charge in [-0.1, -0.05) is 23.9 Å². The Morgan fingerprint density at radius 1 is 1.29 bits per heavy atom. The van der Waals surface area contributed by atoms with Crippen LogP contribution in [-0.2, 0) is 9.53 Å². The van der Waals surface area contributed by atoms with E-state index in [1.165, 1.54) is 18.0 Å². The molecule has 9 heteroatoms. The molecule has 3 heterocycles. The maximum Gasteiger partial charge on any atom is 0.262 e. The van der Waals surface area contributed by atoms with Crippen LogP contribution in [0.25, 0.3) is 16.7 Å². The Labute approximate surface area is 165 Å². The minimum absolute atomic E-state index is 0.0130. The molecule has 1 aliphatic rings. The standard InChI is InChI=1S/C19H21N5O3S/c1-12-4-3-5-15(13(12)2)24-17-14(10-20-24)18(26)22-19(21-17)28-11-16(25)23-6-8-27-9-7-23/h3-5,10H,6-9,11H2,1-2H3,(H,21,22,26). The largest absolute Gasteiger partial charge is 0.378 e. The molecule has 3 aromatic rings. The second-order valence-electron chi connectivity index (χ2n) is 6.67. The average Bonchev–Trinajstić information content (AvgIpc) is 3.13. The van der Waals surface area contributed by atoms with Crippen molar-refractivity contribution in [2.45, 2.75) is 19.0 Å². The topological polar surface area (TPSA) is 93.1 Å². The van der Waals surface area contributed by atoms with Gasteiger partial charge in [0.15, 0.2) is 10.8 Å². The van der Waals surface area contributed by atoms with Crippen molar-refractivity contribution in [2.75, 3.05) is 32.1 Å². The molecule has 1 N–H and O–H groups in total. The second kappa shape index (κ2) is 7.76. The van der Waals surface area contributed by atoms with Crippen LogP contribution in [0.1, 0.15) is 11.1 Å². The Morgan fingerprint density at radius 3 is 2.86 bits per heavy atom. The fourth-order valence-electron chi connectivity index (χ4n) is 3.14. The molecule has 2 aromatic heterocycles. The van der Waals surface area contributed by atoms with Crippen molar-refractivity contribution >= 4 is 28.7 Å². The van der Waals surface area contributed by atoms with Crippen molar-refractivity contribution < 1.29 is 9.53 Å². The van der Waals surface area contributed by atoms with E-state index in [1.54, 1.807) is 9.58 Å². The number of carbonyl (C=O) groups excluding carboxylic acids is 1. The molecule has 0 saturated carbocycles. The predicted molar refractivity (Wildman–Crippen MR) is 107 cm³/mol. The Balaban J connectivity index is 1.63. The van der Waals surface area contributed by atoms with E-state index >= 15 is 0 Å². The number of fused-ring (bicyclic) bond motifs is 1. The zero-order chi connectivity index (χ0) is 19.7. The summed E-state index contributed by atoms with van der Waals surface area (Å²) < 4.78 is 6.95. The molecule has 8 nitrogen and oxygen atoms in total. The number of aryl methyl sites for hydroxylation is 1. The van der Waals surface area contributed by atoms with Crippen LogP contribution in [0.3, 0.4) is 0 Å². The second-order valence-corrected chi connectivity index (χ2v) is 7.63. The Bertz CT molecular complexity index is 1080. The van der Waals surface area contributed by atoms with Crippen LogP contribution in [0, 0.1) is 13.8 Å². The number of nitrogens with one attached hydrogen (secondary N) is 1. The summed E-state index contributed by atoms with van der Waals surface area (Å²) in [5.41, 5.74) is 3.32. The van der Waals surface area contributed by atoms with E-state index in [0.29, 0.717) is 42.5 Å². The van der Waals surface area contributed by atoms with E-state index in [4.69, 9.17) is 4.74 Å². The molecule has 146 valence electrons. The maximum atomic E-state index is 12.5. The fourth-order valence-corrected chi connectivity index (χ4v) is 3.90. The minimum atomic E-state index is -0.261. The third-order valence-corrected chi connectivity index (χ3v) is 5.77. The van der Waals surface area contributed by atoms with Gasteiger partial charge in [-0.15, -0.1) is 0 Å². The van der Waals surface area contributed by atoms with Gasteiger partial charge in [0.25, 0.3) is 5.56 Å². The van der Waals surface area contributed by atoms with Gasteiger partial charge in [0.05, 0.1) is 30.9 Å². The number of morpholine rings is 1. The number of rotatable bonds is 4. The zero-order valence-corrected chi connectivity index (χ0v) is 16.6. The molecule has 4 rings (SSSR count). The molecule has 1 aliphatic heterocycles. The molecule has 0 spiro atoms. The Hall–Kier alpha value is -2.65. The van der Waals surface area contributed by atoms with E-state index in [0.717, 1.165) is 16.8 Å². The Morgan fingerprint density at radius 2 is 2.07 bits per heavy atom.